The summed E-state index contributed by atoms with van der Waals surface area (Å²) >= 11 is 0. The standard InChI is InChI=1S/C8H16N2O5S/c1-9(2)16(13,14)10-3-4-15-7(6-10)5-8(11)12/h7H,3-6H2,1-2H3,(H,11,12). The number of aliphatic carboxylic acids is 1. The molecule has 1 atom stereocenters. The van der Waals surface area contributed by atoms with Gasteiger partial charge in [-0.15, -0.1) is 0 Å². The fourth-order valence-corrected chi connectivity index (χ4v) is 2.57. The molecular formula is C8H16N2O5S. The number of ether oxygens (including phenoxy) is 1. The Morgan fingerprint density at radius 1 is 1.56 bits per heavy atom. The maximum absolute atomic E-state index is 11.8. The summed E-state index contributed by atoms with van der Waals surface area (Å²) in [7, 11) is -0.592. The van der Waals surface area contributed by atoms with Crippen LogP contribution in [0.2, 0.25) is 0 Å². The Kier molecular flexibility index (Phi) is 4.25. The van der Waals surface area contributed by atoms with Gasteiger partial charge in [-0.1, -0.05) is 0 Å². The van der Waals surface area contributed by atoms with Gasteiger partial charge in [-0.05, 0) is 0 Å². The fourth-order valence-electron chi connectivity index (χ4n) is 1.45. The number of hydrogen-bond acceptors (Lipinski definition) is 4. The van der Waals surface area contributed by atoms with Gasteiger partial charge in [0.05, 0.1) is 19.1 Å². The first-order valence-electron chi connectivity index (χ1n) is 4.85. The van der Waals surface area contributed by atoms with Gasteiger partial charge in [0.25, 0.3) is 10.2 Å². The quantitative estimate of drug-likeness (QED) is 0.691. The molecule has 1 rings (SSSR count). The Morgan fingerprint density at radius 3 is 2.69 bits per heavy atom. The van der Waals surface area contributed by atoms with Gasteiger partial charge in [-0.25, -0.2) is 0 Å². The molecule has 0 spiro atoms. The summed E-state index contributed by atoms with van der Waals surface area (Å²) in [6.07, 6.45) is -0.750. The Hall–Kier alpha value is -0.700. The van der Waals surface area contributed by atoms with E-state index >= 15 is 0 Å². The van der Waals surface area contributed by atoms with E-state index < -0.39 is 22.3 Å². The van der Waals surface area contributed by atoms with Crippen LogP contribution < -0.4 is 0 Å². The van der Waals surface area contributed by atoms with Gasteiger partial charge in [-0.2, -0.15) is 17.0 Å². The molecule has 0 saturated carbocycles. The van der Waals surface area contributed by atoms with E-state index in [9.17, 15) is 13.2 Å². The highest BCUT2D eigenvalue weighted by Gasteiger charge is 2.31. The summed E-state index contributed by atoms with van der Waals surface area (Å²) in [6, 6.07) is 0. The number of nitrogens with zero attached hydrogens (tertiary/aromatic N) is 2. The zero-order valence-electron chi connectivity index (χ0n) is 9.29. The van der Waals surface area contributed by atoms with Crippen LogP contribution in [0.4, 0.5) is 0 Å². The molecule has 0 aliphatic carbocycles. The average molecular weight is 252 g/mol. The molecule has 1 aliphatic heterocycles. The molecule has 94 valence electrons. The maximum atomic E-state index is 11.8. The minimum absolute atomic E-state index is 0.0901. The molecule has 0 bridgehead atoms. The van der Waals surface area contributed by atoms with Crippen LogP contribution in [-0.4, -0.2) is 68.0 Å². The van der Waals surface area contributed by atoms with Gasteiger partial charge in [-0.3, -0.25) is 4.79 Å². The van der Waals surface area contributed by atoms with E-state index in [0.717, 1.165) is 4.31 Å². The van der Waals surface area contributed by atoms with Crippen molar-refractivity contribution in [3.05, 3.63) is 0 Å². The molecule has 0 amide bonds. The molecule has 1 N–H and O–H groups in total. The molecule has 8 heteroatoms. The summed E-state index contributed by atoms with van der Waals surface area (Å²) in [5, 5.41) is 8.61. The lowest BCUT2D eigenvalue weighted by atomic mass is 10.2. The van der Waals surface area contributed by atoms with Crippen molar-refractivity contribution in [3.8, 4) is 0 Å². The molecular weight excluding hydrogens is 236 g/mol. The third kappa shape index (κ3) is 3.14. The monoisotopic (exact) mass is 252 g/mol. The lowest BCUT2D eigenvalue weighted by Gasteiger charge is -2.32. The highest BCUT2D eigenvalue weighted by atomic mass is 32.2. The molecule has 1 aliphatic rings. The molecule has 0 aromatic rings. The van der Waals surface area contributed by atoms with Crippen LogP contribution in [0.3, 0.4) is 0 Å². The first-order valence-corrected chi connectivity index (χ1v) is 6.24. The molecule has 1 fully saturated rings. The van der Waals surface area contributed by atoms with E-state index in [4.69, 9.17) is 9.84 Å². The van der Waals surface area contributed by atoms with Gasteiger partial charge >= 0.3 is 5.97 Å². The van der Waals surface area contributed by atoms with Crippen LogP contribution in [-0.2, 0) is 19.7 Å². The van der Waals surface area contributed by atoms with Crippen molar-refractivity contribution < 1.29 is 23.1 Å². The van der Waals surface area contributed by atoms with Gasteiger partial charge in [0.15, 0.2) is 0 Å². The largest absolute Gasteiger partial charge is 0.481 e. The van der Waals surface area contributed by atoms with E-state index in [1.165, 1.54) is 18.4 Å². The molecule has 0 aromatic heterocycles. The summed E-state index contributed by atoms with van der Waals surface area (Å²) < 4.78 is 31.1. The van der Waals surface area contributed by atoms with Gasteiger partial charge in [0.2, 0.25) is 0 Å². The number of morpholine rings is 1. The third-order valence-electron chi connectivity index (χ3n) is 2.29. The van der Waals surface area contributed by atoms with Crippen molar-refractivity contribution in [2.24, 2.45) is 0 Å². The molecule has 1 saturated heterocycles. The highest BCUT2D eigenvalue weighted by molar-refractivity contribution is 7.86. The molecule has 1 unspecified atom stereocenters. The zero-order valence-corrected chi connectivity index (χ0v) is 10.1. The van der Waals surface area contributed by atoms with Crippen LogP contribution in [0.5, 0.6) is 0 Å². The maximum Gasteiger partial charge on any atom is 0.306 e. The number of carbonyl (C=O) groups is 1. The first-order chi connectivity index (χ1) is 7.34. The van der Waals surface area contributed by atoms with Crippen molar-refractivity contribution in [1.82, 2.24) is 8.61 Å². The molecule has 7 nitrogen and oxygen atoms in total. The SMILES string of the molecule is CN(C)S(=O)(=O)N1CCOC(CC(=O)O)C1. The van der Waals surface area contributed by atoms with E-state index in [-0.39, 0.29) is 26.1 Å². The number of carboxylic acid groups (broad SMARTS) is 1. The second kappa shape index (κ2) is 5.09. The molecule has 16 heavy (non-hydrogen) atoms. The second-order valence-electron chi connectivity index (χ2n) is 3.74. The zero-order chi connectivity index (χ0) is 12.3. The first kappa shape index (κ1) is 13.4. The van der Waals surface area contributed by atoms with E-state index in [2.05, 4.69) is 0 Å². The van der Waals surface area contributed by atoms with Crippen LogP contribution in [0.25, 0.3) is 0 Å². The Labute approximate surface area is 94.8 Å². The summed E-state index contributed by atoms with van der Waals surface area (Å²) in [4.78, 5) is 10.5. The van der Waals surface area contributed by atoms with Crippen LogP contribution >= 0.6 is 0 Å². The number of hydrogen-bond donors (Lipinski definition) is 1. The number of rotatable bonds is 4. The molecule has 0 radical (unpaired) electrons. The summed E-state index contributed by atoms with van der Waals surface area (Å²) in [5.41, 5.74) is 0. The van der Waals surface area contributed by atoms with E-state index in [0.29, 0.717) is 0 Å². The van der Waals surface area contributed by atoms with Gasteiger partial charge in [0.1, 0.15) is 0 Å². The topological polar surface area (TPSA) is 87.2 Å². The Morgan fingerprint density at radius 2 is 2.19 bits per heavy atom. The van der Waals surface area contributed by atoms with Crippen molar-refractivity contribution in [2.75, 3.05) is 33.8 Å². The Balaban J connectivity index is 2.67. The predicted molar refractivity (Wildman–Crippen MR) is 56.2 cm³/mol. The van der Waals surface area contributed by atoms with Gasteiger partial charge in [0, 0.05) is 27.2 Å². The summed E-state index contributed by atoms with van der Waals surface area (Å²) in [5.74, 6) is -0.992. The van der Waals surface area contributed by atoms with Crippen molar-refractivity contribution in [3.63, 3.8) is 0 Å². The lowest BCUT2D eigenvalue weighted by Crippen LogP contribution is -2.49. The van der Waals surface area contributed by atoms with Gasteiger partial charge < -0.3 is 9.84 Å². The minimum Gasteiger partial charge on any atom is -0.481 e. The van der Waals surface area contributed by atoms with Crippen LogP contribution in [0.15, 0.2) is 0 Å². The van der Waals surface area contributed by atoms with Crippen LogP contribution in [0, 0.1) is 0 Å². The van der Waals surface area contributed by atoms with E-state index in [1.807, 2.05) is 0 Å². The molecule has 0 aromatic carbocycles. The van der Waals surface area contributed by atoms with E-state index in [1.54, 1.807) is 0 Å². The highest BCUT2D eigenvalue weighted by Crippen LogP contribution is 2.13. The third-order valence-corrected chi connectivity index (χ3v) is 4.20. The van der Waals surface area contributed by atoms with Crippen molar-refractivity contribution in [1.29, 1.82) is 0 Å². The Bertz CT molecular complexity index is 353. The summed E-state index contributed by atoms with van der Waals surface area (Å²) in [6.45, 7) is 0.578. The van der Waals surface area contributed by atoms with Crippen molar-refractivity contribution >= 4 is 16.2 Å². The second-order valence-corrected chi connectivity index (χ2v) is 5.88. The average Bonchev–Trinajstić information content (AvgIpc) is 2.16. The molecule has 1 heterocycles. The fraction of sp³-hybridized carbons (Fsp3) is 0.875. The normalized spacial score (nSPS) is 23.6. The smallest absolute Gasteiger partial charge is 0.306 e. The van der Waals surface area contributed by atoms with Crippen LogP contribution in [0.1, 0.15) is 6.42 Å². The van der Waals surface area contributed by atoms with Crippen molar-refractivity contribution in [2.45, 2.75) is 12.5 Å². The minimum atomic E-state index is -3.47. The predicted octanol–water partition coefficient (Wildman–Crippen LogP) is -1.03. The lowest BCUT2D eigenvalue weighted by molar-refractivity contribution is -0.141. The number of carboxylic acids is 1.